The maximum absolute atomic E-state index is 13.4. The summed E-state index contributed by atoms with van der Waals surface area (Å²) < 4.78 is 15.3. The fraction of sp³-hybridized carbons (Fsp3) is 0. The summed E-state index contributed by atoms with van der Waals surface area (Å²) in [5.41, 5.74) is 0.871. The number of hydrogen-bond acceptors (Lipinski definition) is 1. The van der Waals surface area contributed by atoms with Gasteiger partial charge in [-0.25, -0.2) is 4.39 Å². The van der Waals surface area contributed by atoms with Crippen LogP contribution in [0, 0.1) is 5.82 Å². The lowest BCUT2D eigenvalue weighted by molar-refractivity contribution is 0.102. The van der Waals surface area contributed by atoms with Gasteiger partial charge in [-0.3, -0.25) is 4.79 Å². The smallest absolute Gasteiger partial charge is 0.255 e. The van der Waals surface area contributed by atoms with E-state index in [9.17, 15) is 9.18 Å². The maximum Gasteiger partial charge on any atom is 0.255 e. The second-order valence-corrected chi connectivity index (χ2v) is 6.33. The molecule has 2 nitrogen and oxygen atoms in total. The summed E-state index contributed by atoms with van der Waals surface area (Å²) in [5, 5.41) is 2.72. The van der Waals surface area contributed by atoms with Crippen molar-refractivity contribution in [1.29, 1.82) is 0 Å². The first-order chi connectivity index (χ1) is 8.97. The molecule has 2 aromatic rings. The first-order valence-electron chi connectivity index (χ1n) is 5.19. The third-order valence-corrected chi connectivity index (χ3v) is 4.19. The predicted molar refractivity (Wildman–Crippen MR) is 83.9 cm³/mol. The van der Waals surface area contributed by atoms with Gasteiger partial charge in [-0.05, 0) is 68.3 Å². The first kappa shape index (κ1) is 14.7. The van der Waals surface area contributed by atoms with Gasteiger partial charge in [0.1, 0.15) is 5.82 Å². The van der Waals surface area contributed by atoms with Gasteiger partial charge in [0.25, 0.3) is 5.91 Å². The Morgan fingerprint density at radius 3 is 2.37 bits per heavy atom. The normalized spacial score (nSPS) is 10.3. The highest BCUT2D eigenvalue weighted by Gasteiger charge is 2.10. The Balaban J connectivity index is 2.25. The minimum atomic E-state index is -0.471. The fourth-order valence-corrected chi connectivity index (χ4v) is 2.38. The van der Waals surface area contributed by atoms with Crippen LogP contribution in [0.5, 0.6) is 0 Å². The zero-order valence-corrected chi connectivity index (χ0v) is 14.1. The van der Waals surface area contributed by atoms with E-state index in [2.05, 4.69) is 53.1 Å². The van der Waals surface area contributed by atoms with E-state index in [4.69, 9.17) is 0 Å². The lowest BCUT2D eigenvalue weighted by atomic mass is 10.2. The number of nitrogens with one attached hydrogen (secondary N) is 1. The summed E-state index contributed by atoms with van der Waals surface area (Å²) in [6.07, 6.45) is 0. The Morgan fingerprint density at radius 2 is 1.68 bits per heavy atom. The topological polar surface area (TPSA) is 29.1 Å². The van der Waals surface area contributed by atoms with E-state index < -0.39 is 5.82 Å². The van der Waals surface area contributed by atoms with Gasteiger partial charge >= 0.3 is 0 Å². The molecule has 0 saturated carbocycles. The van der Waals surface area contributed by atoms with Gasteiger partial charge in [0, 0.05) is 14.5 Å². The molecule has 0 atom stereocenters. The summed E-state index contributed by atoms with van der Waals surface area (Å²) in [4.78, 5) is 12.0. The van der Waals surface area contributed by atoms with Gasteiger partial charge in [-0.15, -0.1) is 0 Å². The van der Waals surface area contributed by atoms with Gasteiger partial charge in [0.15, 0.2) is 0 Å². The summed E-state index contributed by atoms with van der Waals surface area (Å²) in [6.45, 7) is 0. The zero-order valence-electron chi connectivity index (χ0n) is 9.38. The van der Waals surface area contributed by atoms with E-state index in [1.165, 1.54) is 12.1 Å². The van der Waals surface area contributed by atoms with Gasteiger partial charge in [-0.1, -0.05) is 15.9 Å². The number of halogens is 4. The van der Waals surface area contributed by atoms with Crippen molar-refractivity contribution in [2.75, 3.05) is 5.32 Å². The van der Waals surface area contributed by atoms with E-state index >= 15 is 0 Å². The van der Waals surface area contributed by atoms with Crippen LogP contribution in [0.25, 0.3) is 0 Å². The summed E-state index contributed by atoms with van der Waals surface area (Å²) in [6, 6.07) is 9.65. The van der Waals surface area contributed by atoms with Crippen molar-refractivity contribution in [3.8, 4) is 0 Å². The van der Waals surface area contributed by atoms with Crippen LogP contribution >= 0.6 is 47.8 Å². The first-order valence-corrected chi connectivity index (χ1v) is 7.57. The minimum Gasteiger partial charge on any atom is -0.321 e. The standard InChI is InChI=1S/C13H7Br3FNO/c14-8-2-4-10(16)12(6-8)18-13(19)7-1-3-9(15)11(17)5-7/h1-6H,(H,18,19). The van der Waals surface area contributed by atoms with E-state index in [0.29, 0.717) is 10.2 Å². The Hall–Kier alpha value is -0.720. The Bertz CT molecular complexity index is 646. The number of amides is 1. The van der Waals surface area contributed by atoms with Crippen LogP contribution in [0.4, 0.5) is 10.1 Å². The second kappa shape index (κ2) is 6.15. The molecular formula is C13H7Br3FNO. The molecule has 0 aromatic heterocycles. The van der Waals surface area contributed by atoms with Crippen LogP contribution < -0.4 is 5.32 Å². The van der Waals surface area contributed by atoms with Gasteiger partial charge < -0.3 is 5.32 Å². The molecule has 0 aliphatic rings. The molecular weight excluding hydrogens is 445 g/mol. The van der Waals surface area contributed by atoms with Crippen LogP contribution in [0.2, 0.25) is 0 Å². The average Bonchev–Trinajstić information content (AvgIpc) is 2.37. The van der Waals surface area contributed by atoms with E-state index in [1.54, 1.807) is 12.1 Å². The number of carbonyl (C=O) groups excluding carboxylic acids is 1. The highest BCUT2D eigenvalue weighted by molar-refractivity contribution is 9.11. The van der Waals surface area contributed by atoms with Crippen molar-refractivity contribution in [1.82, 2.24) is 0 Å². The number of rotatable bonds is 2. The molecule has 6 heteroatoms. The van der Waals surface area contributed by atoms with Crippen LogP contribution in [0.1, 0.15) is 10.4 Å². The molecule has 0 aliphatic carbocycles. The molecule has 0 aliphatic heterocycles. The lowest BCUT2D eigenvalue weighted by Crippen LogP contribution is -2.12. The molecule has 0 fully saturated rings. The molecule has 0 heterocycles. The summed E-state index contributed by atoms with van der Waals surface area (Å²) in [7, 11) is 0. The molecule has 0 unspecified atom stereocenters. The van der Waals surface area contributed by atoms with Crippen LogP contribution in [0.15, 0.2) is 49.8 Å². The Kier molecular flexibility index (Phi) is 4.76. The molecule has 1 amide bonds. The van der Waals surface area contributed by atoms with Crippen molar-refractivity contribution in [2.45, 2.75) is 0 Å². The summed E-state index contributed by atoms with van der Waals surface area (Å²) >= 11 is 9.71. The van der Waals surface area contributed by atoms with Crippen molar-refractivity contribution < 1.29 is 9.18 Å². The Labute approximate surface area is 134 Å². The molecule has 0 radical (unpaired) electrons. The quantitative estimate of drug-likeness (QED) is 0.653. The number of carbonyl (C=O) groups is 1. The van der Waals surface area contributed by atoms with Crippen LogP contribution in [-0.2, 0) is 0 Å². The van der Waals surface area contributed by atoms with E-state index in [-0.39, 0.29) is 11.5 Å². The van der Waals surface area contributed by atoms with Gasteiger partial charge in [-0.2, -0.15) is 0 Å². The summed E-state index contributed by atoms with van der Waals surface area (Å²) in [5.74, 6) is -0.842. The lowest BCUT2D eigenvalue weighted by Gasteiger charge is -2.08. The third-order valence-electron chi connectivity index (χ3n) is 2.36. The molecule has 1 N–H and O–H groups in total. The van der Waals surface area contributed by atoms with Crippen LogP contribution in [0.3, 0.4) is 0 Å². The minimum absolute atomic E-state index is 0.257. The van der Waals surface area contributed by atoms with Crippen molar-refractivity contribution in [3.63, 3.8) is 0 Å². The predicted octanol–water partition coefficient (Wildman–Crippen LogP) is 5.37. The maximum atomic E-state index is 13.4. The largest absolute Gasteiger partial charge is 0.321 e. The van der Waals surface area contributed by atoms with E-state index in [0.717, 1.165) is 8.95 Å². The third kappa shape index (κ3) is 3.64. The molecule has 0 bridgehead atoms. The molecule has 0 spiro atoms. The van der Waals surface area contributed by atoms with Gasteiger partial charge in [0.05, 0.1) is 10.2 Å². The van der Waals surface area contributed by atoms with Gasteiger partial charge in [0.2, 0.25) is 0 Å². The monoisotopic (exact) mass is 449 g/mol. The molecule has 0 saturated heterocycles. The molecule has 2 rings (SSSR count). The molecule has 19 heavy (non-hydrogen) atoms. The van der Waals surface area contributed by atoms with E-state index in [1.807, 2.05) is 12.1 Å². The number of benzene rings is 2. The number of hydrogen-bond donors (Lipinski definition) is 1. The van der Waals surface area contributed by atoms with Crippen LogP contribution in [-0.4, -0.2) is 5.91 Å². The second-order valence-electron chi connectivity index (χ2n) is 3.71. The van der Waals surface area contributed by atoms with Crippen molar-refractivity contribution in [3.05, 3.63) is 61.2 Å². The average molecular weight is 452 g/mol. The Morgan fingerprint density at radius 1 is 1.00 bits per heavy atom. The molecule has 98 valence electrons. The number of anilines is 1. The van der Waals surface area contributed by atoms with Crippen molar-refractivity contribution >= 4 is 59.4 Å². The molecule has 2 aromatic carbocycles. The highest BCUT2D eigenvalue weighted by atomic mass is 79.9. The highest BCUT2D eigenvalue weighted by Crippen LogP contribution is 2.27. The zero-order chi connectivity index (χ0) is 14.0. The SMILES string of the molecule is O=C(Nc1cc(Br)ccc1Br)c1ccc(Br)c(F)c1. The fourth-order valence-electron chi connectivity index (χ4n) is 1.43. The van der Waals surface area contributed by atoms with Crippen molar-refractivity contribution in [2.24, 2.45) is 0 Å².